The SMILES string of the molecule is Cc1nn(C)cc1C(C)NCC1CCC(C(=O)O)CC1. The monoisotopic (exact) mass is 279 g/mol. The summed E-state index contributed by atoms with van der Waals surface area (Å²) in [7, 11) is 1.94. The third kappa shape index (κ3) is 3.60. The van der Waals surface area contributed by atoms with Crippen molar-refractivity contribution in [2.75, 3.05) is 6.54 Å². The number of carboxylic acid groups (broad SMARTS) is 1. The number of carboxylic acids is 1. The molecular weight excluding hydrogens is 254 g/mol. The minimum absolute atomic E-state index is 0.121. The van der Waals surface area contributed by atoms with Gasteiger partial charge in [0.2, 0.25) is 0 Å². The maximum atomic E-state index is 10.9. The van der Waals surface area contributed by atoms with E-state index >= 15 is 0 Å². The second kappa shape index (κ2) is 6.39. The van der Waals surface area contributed by atoms with Crippen molar-refractivity contribution in [3.05, 3.63) is 17.5 Å². The van der Waals surface area contributed by atoms with Crippen LogP contribution in [0.3, 0.4) is 0 Å². The highest BCUT2D eigenvalue weighted by Gasteiger charge is 2.26. The zero-order valence-electron chi connectivity index (χ0n) is 12.6. The Morgan fingerprint density at radius 1 is 1.50 bits per heavy atom. The van der Waals surface area contributed by atoms with E-state index < -0.39 is 5.97 Å². The van der Waals surface area contributed by atoms with Crippen LogP contribution in [0.15, 0.2) is 6.20 Å². The van der Waals surface area contributed by atoms with E-state index in [0.717, 1.165) is 37.9 Å². The number of rotatable bonds is 5. The summed E-state index contributed by atoms with van der Waals surface area (Å²) >= 11 is 0. The van der Waals surface area contributed by atoms with Gasteiger partial charge in [-0.1, -0.05) is 0 Å². The van der Waals surface area contributed by atoms with E-state index in [1.54, 1.807) is 0 Å². The van der Waals surface area contributed by atoms with Gasteiger partial charge in [-0.25, -0.2) is 0 Å². The average molecular weight is 279 g/mol. The van der Waals surface area contributed by atoms with Crippen LogP contribution in [-0.4, -0.2) is 27.4 Å². The van der Waals surface area contributed by atoms with Crippen LogP contribution < -0.4 is 5.32 Å². The number of hydrogen-bond acceptors (Lipinski definition) is 3. The summed E-state index contributed by atoms with van der Waals surface area (Å²) in [4.78, 5) is 10.9. The van der Waals surface area contributed by atoms with Gasteiger partial charge in [-0.3, -0.25) is 9.48 Å². The Hall–Kier alpha value is -1.36. The maximum Gasteiger partial charge on any atom is 0.306 e. The van der Waals surface area contributed by atoms with Crippen LogP contribution in [0.4, 0.5) is 0 Å². The molecule has 1 unspecified atom stereocenters. The van der Waals surface area contributed by atoms with Gasteiger partial charge in [-0.2, -0.15) is 5.10 Å². The first-order valence-electron chi connectivity index (χ1n) is 7.43. The molecule has 112 valence electrons. The first-order valence-corrected chi connectivity index (χ1v) is 7.43. The number of hydrogen-bond donors (Lipinski definition) is 2. The molecule has 2 N–H and O–H groups in total. The van der Waals surface area contributed by atoms with Crippen LogP contribution in [-0.2, 0) is 11.8 Å². The van der Waals surface area contributed by atoms with Gasteiger partial charge in [0.15, 0.2) is 0 Å². The highest BCUT2D eigenvalue weighted by atomic mass is 16.4. The summed E-state index contributed by atoms with van der Waals surface area (Å²) in [5.74, 6) is -0.148. The summed E-state index contributed by atoms with van der Waals surface area (Å²) in [6.45, 7) is 5.15. The molecule has 0 aromatic carbocycles. The normalized spacial score (nSPS) is 24.6. The molecule has 1 heterocycles. The molecule has 1 atom stereocenters. The van der Waals surface area contributed by atoms with E-state index in [1.165, 1.54) is 5.56 Å². The maximum absolute atomic E-state index is 10.9. The van der Waals surface area contributed by atoms with Crippen LogP contribution in [0.2, 0.25) is 0 Å². The topological polar surface area (TPSA) is 67.2 Å². The Balaban J connectivity index is 1.79. The number of nitrogens with zero attached hydrogens (tertiary/aromatic N) is 2. The van der Waals surface area contributed by atoms with Crippen molar-refractivity contribution in [3.63, 3.8) is 0 Å². The molecule has 20 heavy (non-hydrogen) atoms. The van der Waals surface area contributed by atoms with Crippen LogP contribution >= 0.6 is 0 Å². The first-order chi connectivity index (χ1) is 9.47. The molecule has 1 aromatic rings. The van der Waals surface area contributed by atoms with Crippen LogP contribution in [0, 0.1) is 18.8 Å². The van der Waals surface area contributed by atoms with Crippen molar-refractivity contribution < 1.29 is 9.90 Å². The summed E-state index contributed by atoms with van der Waals surface area (Å²) in [6, 6.07) is 0.292. The predicted molar refractivity (Wildman–Crippen MR) is 77.4 cm³/mol. The fraction of sp³-hybridized carbons (Fsp3) is 0.733. The number of aryl methyl sites for hydroxylation is 2. The molecule has 0 saturated heterocycles. The average Bonchev–Trinajstić information content (AvgIpc) is 2.75. The lowest BCUT2D eigenvalue weighted by Crippen LogP contribution is -2.30. The zero-order chi connectivity index (χ0) is 14.7. The number of aliphatic carboxylic acids is 1. The van der Waals surface area contributed by atoms with Crippen LogP contribution in [0.5, 0.6) is 0 Å². The molecule has 0 amide bonds. The minimum Gasteiger partial charge on any atom is -0.481 e. The summed E-state index contributed by atoms with van der Waals surface area (Å²) < 4.78 is 1.85. The Labute approximate surface area is 120 Å². The molecule has 2 rings (SSSR count). The van der Waals surface area contributed by atoms with E-state index in [-0.39, 0.29) is 5.92 Å². The van der Waals surface area contributed by atoms with Crippen molar-refractivity contribution >= 4 is 5.97 Å². The Bertz CT molecular complexity index is 462. The van der Waals surface area contributed by atoms with Gasteiger partial charge in [0.05, 0.1) is 11.6 Å². The van der Waals surface area contributed by atoms with E-state index in [9.17, 15) is 4.79 Å². The molecule has 1 fully saturated rings. The summed E-state index contributed by atoms with van der Waals surface area (Å²) in [5.41, 5.74) is 2.31. The van der Waals surface area contributed by atoms with Crippen molar-refractivity contribution in [2.45, 2.75) is 45.6 Å². The van der Waals surface area contributed by atoms with Gasteiger partial charge in [-0.15, -0.1) is 0 Å². The van der Waals surface area contributed by atoms with E-state index in [2.05, 4.69) is 23.5 Å². The minimum atomic E-state index is -0.629. The fourth-order valence-corrected chi connectivity index (χ4v) is 3.11. The molecular formula is C15H25N3O2. The molecule has 0 radical (unpaired) electrons. The standard InChI is InChI=1S/C15H25N3O2/c1-10(14-9-18(3)17-11(14)2)16-8-12-4-6-13(7-5-12)15(19)20/h9-10,12-13,16H,4-8H2,1-3H3,(H,19,20). The predicted octanol–water partition coefficient (Wildman–Crippen LogP) is 2.27. The van der Waals surface area contributed by atoms with Gasteiger partial charge in [0.25, 0.3) is 0 Å². The number of aromatic nitrogens is 2. The highest BCUT2D eigenvalue weighted by Crippen LogP contribution is 2.29. The van der Waals surface area contributed by atoms with Gasteiger partial charge < -0.3 is 10.4 Å². The molecule has 0 bridgehead atoms. The lowest BCUT2D eigenvalue weighted by Gasteiger charge is -2.27. The quantitative estimate of drug-likeness (QED) is 0.867. The molecule has 5 nitrogen and oxygen atoms in total. The summed E-state index contributed by atoms with van der Waals surface area (Å²) in [5, 5.41) is 16.9. The lowest BCUT2D eigenvalue weighted by atomic mass is 9.82. The second-order valence-electron chi connectivity index (χ2n) is 6.03. The Morgan fingerprint density at radius 3 is 2.65 bits per heavy atom. The second-order valence-corrected chi connectivity index (χ2v) is 6.03. The molecule has 1 aliphatic carbocycles. The molecule has 1 aliphatic rings. The Morgan fingerprint density at radius 2 is 2.15 bits per heavy atom. The third-order valence-electron chi connectivity index (χ3n) is 4.43. The van der Waals surface area contributed by atoms with Crippen LogP contribution in [0.1, 0.15) is 49.9 Å². The molecule has 0 aliphatic heterocycles. The van der Waals surface area contributed by atoms with E-state index in [0.29, 0.717) is 12.0 Å². The van der Waals surface area contributed by atoms with E-state index in [1.807, 2.05) is 18.7 Å². The molecule has 0 spiro atoms. The van der Waals surface area contributed by atoms with Crippen molar-refractivity contribution in [1.29, 1.82) is 0 Å². The van der Waals surface area contributed by atoms with Gasteiger partial charge in [-0.05, 0) is 52.0 Å². The fourth-order valence-electron chi connectivity index (χ4n) is 3.11. The Kier molecular flexibility index (Phi) is 4.81. The third-order valence-corrected chi connectivity index (χ3v) is 4.43. The summed E-state index contributed by atoms with van der Waals surface area (Å²) in [6.07, 6.45) is 5.74. The van der Waals surface area contributed by atoms with Crippen molar-refractivity contribution in [3.8, 4) is 0 Å². The van der Waals surface area contributed by atoms with Crippen LogP contribution in [0.25, 0.3) is 0 Å². The van der Waals surface area contributed by atoms with Gasteiger partial charge >= 0.3 is 5.97 Å². The molecule has 5 heteroatoms. The van der Waals surface area contributed by atoms with Crippen molar-refractivity contribution in [2.24, 2.45) is 18.9 Å². The van der Waals surface area contributed by atoms with Crippen molar-refractivity contribution in [1.82, 2.24) is 15.1 Å². The number of nitrogens with one attached hydrogen (secondary N) is 1. The van der Waals surface area contributed by atoms with Gasteiger partial charge in [0, 0.05) is 24.8 Å². The zero-order valence-corrected chi connectivity index (χ0v) is 12.6. The van der Waals surface area contributed by atoms with E-state index in [4.69, 9.17) is 5.11 Å². The lowest BCUT2D eigenvalue weighted by molar-refractivity contribution is -0.143. The van der Waals surface area contributed by atoms with Gasteiger partial charge in [0.1, 0.15) is 0 Å². The largest absolute Gasteiger partial charge is 0.481 e. The molecule has 1 aromatic heterocycles. The number of carbonyl (C=O) groups is 1. The molecule has 1 saturated carbocycles. The smallest absolute Gasteiger partial charge is 0.306 e. The first kappa shape index (κ1) is 15.0. The highest BCUT2D eigenvalue weighted by molar-refractivity contribution is 5.69.